The monoisotopic (exact) mass is 544 g/mol. The Morgan fingerprint density at radius 3 is 2.85 bits per heavy atom. The number of carbonyl (C=O) groups excluding carboxylic acids is 1. The Balaban J connectivity index is 1.44. The summed E-state index contributed by atoms with van der Waals surface area (Å²) in [5, 5.41) is 0. The number of hydrogen-bond acceptors (Lipinski definition) is 7. The van der Waals surface area contributed by atoms with Crippen LogP contribution in [0.15, 0.2) is 36.9 Å². The number of likely N-dealkylation sites (tertiary alicyclic amines) is 1. The lowest BCUT2D eigenvalue weighted by Crippen LogP contribution is -2.56. The van der Waals surface area contributed by atoms with E-state index in [0.29, 0.717) is 57.2 Å². The molecular formula is C31H40N6O3. The van der Waals surface area contributed by atoms with Crippen molar-refractivity contribution in [1.29, 1.82) is 0 Å². The number of likely N-dealkylation sites (N-methyl/N-ethyl adjacent to an activating group) is 1. The zero-order valence-corrected chi connectivity index (χ0v) is 23.9. The summed E-state index contributed by atoms with van der Waals surface area (Å²) in [6, 6.07) is 9.13. The van der Waals surface area contributed by atoms with Crippen LogP contribution in [0.5, 0.6) is 6.01 Å². The number of ether oxygens (including phenoxy) is 2. The standard InChI is InChI=1S/C31H40N6O3/c1-6-29(38)37-14-13-36(18-25(37)17-32-4)30-26-20-39-28(23-10-7-9-22(15-23)21(2)3)16-27(26)33-31(34-30)40-19-24-11-8-12-35(24)5/h6-7,9-10,15,21,24-25,28H,1,8,11-14,16-20H2,2-3,5H3/t24-,25-,28?/m0/s1. The Labute approximate surface area is 237 Å². The zero-order valence-electron chi connectivity index (χ0n) is 23.9. The number of benzene rings is 1. The van der Waals surface area contributed by atoms with Gasteiger partial charge in [-0.2, -0.15) is 9.97 Å². The molecule has 0 N–H and O–H groups in total. The first-order valence-electron chi connectivity index (χ1n) is 14.3. The van der Waals surface area contributed by atoms with E-state index >= 15 is 0 Å². The van der Waals surface area contributed by atoms with Crippen LogP contribution in [0.2, 0.25) is 0 Å². The highest BCUT2D eigenvalue weighted by Gasteiger charge is 2.35. The van der Waals surface area contributed by atoms with Crippen LogP contribution in [0.4, 0.5) is 5.82 Å². The van der Waals surface area contributed by atoms with E-state index in [1.54, 1.807) is 4.90 Å². The van der Waals surface area contributed by atoms with Crippen LogP contribution >= 0.6 is 0 Å². The Kier molecular flexibility index (Phi) is 8.67. The SMILES string of the molecule is [C-]#[N+]C[C@H]1CN(c2nc(OC[C@@H]3CCCN3C)nc3c2COC(c2cccc(C(C)C)c2)C3)CCN1C(=O)C=C. The van der Waals surface area contributed by atoms with Gasteiger partial charge in [0.05, 0.1) is 18.4 Å². The number of hydrogen-bond donors (Lipinski definition) is 0. The van der Waals surface area contributed by atoms with E-state index in [2.05, 4.69) is 66.4 Å². The second-order valence-electron chi connectivity index (χ2n) is 11.3. The summed E-state index contributed by atoms with van der Waals surface area (Å²) >= 11 is 0. The molecule has 1 unspecified atom stereocenters. The van der Waals surface area contributed by atoms with Gasteiger partial charge in [0, 0.05) is 37.7 Å². The molecule has 5 rings (SSSR count). The van der Waals surface area contributed by atoms with Gasteiger partial charge in [0.2, 0.25) is 12.5 Å². The van der Waals surface area contributed by atoms with Crippen LogP contribution in [-0.4, -0.2) is 84.1 Å². The van der Waals surface area contributed by atoms with Gasteiger partial charge in [-0.3, -0.25) is 4.79 Å². The first-order valence-corrected chi connectivity index (χ1v) is 14.3. The fourth-order valence-corrected chi connectivity index (χ4v) is 5.97. The molecule has 0 aliphatic carbocycles. The molecule has 0 radical (unpaired) electrons. The quantitative estimate of drug-likeness (QED) is 0.367. The third-order valence-corrected chi connectivity index (χ3v) is 8.43. The molecule has 2 aromatic rings. The lowest BCUT2D eigenvalue weighted by atomic mass is 9.95. The van der Waals surface area contributed by atoms with Crippen LogP contribution in [0, 0.1) is 6.57 Å². The summed E-state index contributed by atoms with van der Waals surface area (Å²) < 4.78 is 12.7. The summed E-state index contributed by atoms with van der Waals surface area (Å²) in [5.41, 5.74) is 4.35. The Hall–Kier alpha value is -3.48. The smallest absolute Gasteiger partial charge is 0.318 e. The molecule has 2 fully saturated rings. The van der Waals surface area contributed by atoms with Crippen LogP contribution in [-0.2, 0) is 22.6 Å². The normalized spacial score (nSPS) is 23.1. The first-order chi connectivity index (χ1) is 19.4. The average Bonchev–Trinajstić information content (AvgIpc) is 3.39. The van der Waals surface area contributed by atoms with Gasteiger partial charge in [0.15, 0.2) is 0 Å². The number of piperazine rings is 1. The van der Waals surface area contributed by atoms with Crippen molar-refractivity contribution in [1.82, 2.24) is 19.8 Å². The van der Waals surface area contributed by atoms with E-state index in [1.165, 1.54) is 18.1 Å². The van der Waals surface area contributed by atoms with Crippen LogP contribution < -0.4 is 9.64 Å². The van der Waals surface area contributed by atoms with Crippen molar-refractivity contribution >= 4 is 11.7 Å². The summed E-state index contributed by atoms with van der Waals surface area (Å²) in [6.45, 7) is 19.4. The maximum absolute atomic E-state index is 12.5. The van der Waals surface area contributed by atoms with Crippen LogP contribution in [0.3, 0.4) is 0 Å². The van der Waals surface area contributed by atoms with Crippen LogP contribution in [0.1, 0.15) is 61.1 Å². The minimum Gasteiger partial charge on any atom is -0.462 e. The highest BCUT2D eigenvalue weighted by atomic mass is 16.5. The number of amides is 1. The van der Waals surface area contributed by atoms with Gasteiger partial charge in [-0.25, -0.2) is 6.57 Å². The average molecular weight is 545 g/mol. The molecule has 212 valence electrons. The molecular weight excluding hydrogens is 504 g/mol. The highest BCUT2D eigenvalue weighted by Crippen LogP contribution is 2.36. The van der Waals surface area contributed by atoms with Crippen molar-refractivity contribution in [3.63, 3.8) is 0 Å². The van der Waals surface area contributed by atoms with E-state index in [9.17, 15) is 4.79 Å². The number of rotatable bonds is 8. The molecule has 1 aromatic carbocycles. The van der Waals surface area contributed by atoms with Gasteiger partial charge in [-0.1, -0.05) is 44.7 Å². The Bertz CT molecular complexity index is 1270. The van der Waals surface area contributed by atoms with E-state index in [4.69, 9.17) is 26.0 Å². The molecule has 3 aliphatic heterocycles. The van der Waals surface area contributed by atoms with Gasteiger partial charge >= 0.3 is 6.01 Å². The number of fused-ring (bicyclic) bond motifs is 1. The molecule has 1 amide bonds. The lowest BCUT2D eigenvalue weighted by molar-refractivity contribution is -0.128. The minimum absolute atomic E-state index is 0.0975. The molecule has 40 heavy (non-hydrogen) atoms. The molecule has 0 saturated carbocycles. The Morgan fingerprint density at radius 1 is 1.27 bits per heavy atom. The molecule has 1 aromatic heterocycles. The second kappa shape index (κ2) is 12.4. The molecule has 3 aliphatic rings. The number of carbonyl (C=O) groups is 1. The predicted molar refractivity (Wildman–Crippen MR) is 154 cm³/mol. The van der Waals surface area contributed by atoms with E-state index in [1.807, 2.05) is 0 Å². The van der Waals surface area contributed by atoms with Crippen molar-refractivity contribution in [2.24, 2.45) is 0 Å². The predicted octanol–water partition coefficient (Wildman–Crippen LogP) is 4.01. The van der Waals surface area contributed by atoms with Crippen molar-refractivity contribution < 1.29 is 14.3 Å². The van der Waals surface area contributed by atoms with Gasteiger partial charge in [0.1, 0.15) is 18.5 Å². The maximum Gasteiger partial charge on any atom is 0.318 e. The summed E-state index contributed by atoms with van der Waals surface area (Å²) in [6.07, 6.45) is 4.14. The van der Waals surface area contributed by atoms with E-state index in [-0.39, 0.29) is 24.6 Å². The topological polar surface area (TPSA) is 75.4 Å². The summed E-state index contributed by atoms with van der Waals surface area (Å²) in [5.74, 6) is 1.08. The number of aromatic nitrogens is 2. The maximum atomic E-state index is 12.5. The number of nitrogens with zero attached hydrogens (tertiary/aromatic N) is 6. The fraction of sp³-hybridized carbons (Fsp3) is 0.548. The largest absolute Gasteiger partial charge is 0.462 e. The summed E-state index contributed by atoms with van der Waals surface area (Å²) in [4.78, 5) is 32.2. The van der Waals surface area contributed by atoms with E-state index in [0.717, 1.165) is 35.6 Å². The molecule has 4 heterocycles. The molecule has 9 heteroatoms. The zero-order chi connectivity index (χ0) is 28.2. The third kappa shape index (κ3) is 5.98. The molecule has 9 nitrogen and oxygen atoms in total. The van der Waals surface area contributed by atoms with Gasteiger partial charge in [-0.05, 0) is 49.6 Å². The second-order valence-corrected chi connectivity index (χ2v) is 11.3. The van der Waals surface area contributed by atoms with Crippen molar-refractivity contribution in [3.8, 4) is 6.01 Å². The van der Waals surface area contributed by atoms with Gasteiger partial charge in [-0.15, -0.1) is 0 Å². The number of anilines is 1. The van der Waals surface area contributed by atoms with E-state index < -0.39 is 0 Å². The highest BCUT2D eigenvalue weighted by molar-refractivity contribution is 5.87. The van der Waals surface area contributed by atoms with Crippen LogP contribution in [0.25, 0.3) is 4.85 Å². The van der Waals surface area contributed by atoms with Gasteiger partial charge < -0.3 is 29.0 Å². The molecule has 0 spiro atoms. The minimum atomic E-state index is -0.241. The van der Waals surface area contributed by atoms with Gasteiger partial charge in [0.25, 0.3) is 0 Å². The molecule has 2 saturated heterocycles. The van der Waals surface area contributed by atoms with Crippen molar-refractivity contribution in [3.05, 3.63) is 70.7 Å². The molecule has 3 atom stereocenters. The Morgan fingerprint density at radius 2 is 2.12 bits per heavy atom. The molecule has 0 bridgehead atoms. The summed E-state index contributed by atoms with van der Waals surface area (Å²) in [7, 11) is 2.13. The first kappa shape index (κ1) is 28.1. The third-order valence-electron chi connectivity index (χ3n) is 8.43. The van der Waals surface area contributed by atoms with Crippen molar-refractivity contribution in [2.45, 2.75) is 63.8 Å². The fourth-order valence-electron chi connectivity index (χ4n) is 5.97. The van der Waals surface area contributed by atoms with Crippen molar-refractivity contribution in [2.75, 3.05) is 51.3 Å². The lowest BCUT2D eigenvalue weighted by Gasteiger charge is -2.40.